The number of hydrogen-bond donors (Lipinski definition) is 1. The standard InChI is InChI=1S/C17H14FN3O3S/c1-19-16(23)14-7-6-13(24-14)10-21-8-9-25-17(21)20-15(22)11-2-4-12(18)5-3-11/h2-9H,10H2,1H3,(H,19,23). The molecule has 1 aromatic carbocycles. The van der Waals surface area contributed by atoms with E-state index in [0.717, 1.165) is 0 Å². The summed E-state index contributed by atoms with van der Waals surface area (Å²) in [7, 11) is 1.52. The number of carbonyl (C=O) groups excluding carboxylic acids is 2. The first-order chi connectivity index (χ1) is 12.1. The minimum atomic E-state index is -0.457. The lowest BCUT2D eigenvalue weighted by atomic mass is 10.2. The van der Waals surface area contributed by atoms with Gasteiger partial charge in [-0.25, -0.2) is 4.39 Å². The lowest BCUT2D eigenvalue weighted by Crippen LogP contribution is -2.17. The Kier molecular flexibility index (Phi) is 4.90. The Morgan fingerprint density at radius 3 is 2.72 bits per heavy atom. The van der Waals surface area contributed by atoms with Gasteiger partial charge in [-0.3, -0.25) is 9.59 Å². The average Bonchev–Trinajstić information content (AvgIpc) is 3.25. The molecular weight excluding hydrogens is 345 g/mol. The van der Waals surface area contributed by atoms with Gasteiger partial charge in [0.25, 0.3) is 11.8 Å². The van der Waals surface area contributed by atoms with Crippen LogP contribution in [0.4, 0.5) is 4.39 Å². The van der Waals surface area contributed by atoms with Crippen molar-refractivity contribution in [1.82, 2.24) is 9.88 Å². The van der Waals surface area contributed by atoms with Crippen LogP contribution >= 0.6 is 11.3 Å². The van der Waals surface area contributed by atoms with E-state index in [-0.39, 0.29) is 11.7 Å². The summed E-state index contributed by atoms with van der Waals surface area (Å²) in [6.45, 7) is 0.329. The smallest absolute Gasteiger partial charge is 0.286 e. The van der Waals surface area contributed by atoms with Crippen molar-refractivity contribution in [3.05, 3.63) is 75.7 Å². The normalized spacial score (nSPS) is 11.5. The van der Waals surface area contributed by atoms with Crippen LogP contribution in [0.25, 0.3) is 0 Å². The highest BCUT2D eigenvalue weighted by molar-refractivity contribution is 7.07. The summed E-state index contributed by atoms with van der Waals surface area (Å²) >= 11 is 1.29. The van der Waals surface area contributed by atoms with E-state index in [0.29, 0.717) is 22.7 Å². The number of furan rings is 1. The first kappa shape index (κ1) is 16.8. The summed E-state index contributed by atoms with van der Waals surface area (Å²) in [6, 6.07) is 8.49. The molecule has 0 aliphatic rings. The first-order valence-corrected chi connectivity index (χ1v) is 8.24. The molecule has 0 unspecified atom stereocenters. The van der Waals surface area contributed by atoms with Crippen LogP contribution in [0.1, 0.15) is 26.7 Å². The van der Waals surface area contributed by atoms with Gasteiger partial charge >= 0.3 is 0 Å². The van der Waals surface area contributed by atoms with Crippen molar-refractivity contribution in [2.24, 2.45) is 4.99 Å². The topological polar surface area (TPSA) is 76.6 Å². The van der Waals surface area contributed by atoms with Crippen LogP contribution in [-0.2, 0) is 6.54 Å². The first-order valence-electron chi connectivity index (χ1n) is 7.36. The number of benzene rings is 1. The Morgan fingerprint density at radius 1 is 1.24 bits per heavy atom. The van der Waals surface area contributed by atoms with E-state index >= 15 is 0 Å². The number of rotatable bonds is 4. The third-order valence-corrected chi connectivity index (χ3v) is 4.18. The lowest BCUT2D eigenvalue weighted by molar-refractivity contribution is 0.0933. The second kappa shape index (κ2) is 7.27. The highest BCUT2D eigenvalue weighted by atomic mass is 32.1. The molecule has 6 nitrogen and oxygen atoms in total. The quantitative estimate of drug-likeness (QED) is 0.777. The van der Waals surface area contributed by atoms with E-state index < -0.39 is 11.7 Å². The van der Waals surface area contributed by atoms with Gasteiger partial charge in [0.2, 0.25) is 0 Å². The molecule has 0 radical (unpaired) electrons. The fraction of sp³-hybridized carbons (Fsp3) is 0.118. The van der Waals surface area contributed by atoms with Gasteiger partial charge in [-0.05, 0) is 36.4 Å². The summed E-state index contributed by atoms with van der Waals surface area (Å²) in [5, 5.41) is 4.28. The maximum Gasteiger partial charge on any atom is 0.286 e. The molecule has 2 heterocycles. The van der Waals surface area contributed by atoms with Gasteiger partial charge in [0.15, 0.2) is 10.6 Å². The molecule has 25 heavy (non-hydrogen) atoms. The minimum absolute atomic E-state index is 0.217. The Morgan fingerprint density at radius 2 is 2.00 bits per heavy atom. The fourth-order valence-electron chi connectivity index (χ4n) is 2.13. The third-order valence-electron chi connectivity index (χ3n) is 3.39. The number of thiazole rings is 1. The van der Waals surface area contributed by atoms with E-state index in [9.17, 15) is 14.0 Å². The zero-order chi connectivity index (χ0) is 17.8. The van der Waals surface area contributed by atoms with Crippen molar-refractivity contribution in [3.63, 3.8) is 0 Å². The van der Waals surface area contributed by atoms with Crippen molar-refractivity contribution >= 4 is 23.2 Å². The summed E-state index contributed by atoms with van der Waals surface area (Å²) < 4.78 is 20.1. The molecule has 0 aliphatic carbocycles. The molecule has 1 N–H and O–H groups in total. The van der Waals surface area contributed by atoms with Crippen LogP contribution in [-0.4, -0.2) is 23.4 Å². The van der Waals surface area contributed by atoms with Crippen molar-refractivity contribution < 1.29 is 18.4 Å². The molecule has 3 aromatic rings. The minimum Gasteiger partial charge on any atom is -0.454 e. The Labute approximate surface area is 146 Å². The summed E-state index contributed by atoms with van der Waals surface area (Å²) in [5.74, 6) is -0.394. The summed E-state index contributed by atoms with van der Waals surface area (Å²) in [6.07, 6.45) is 1.77. The van der Waals surface area contributed by atoms with E-state index in [1.807, 2.05) is 0 Å². The molecule has 8 heteroatoms. The highest BCUT2D eigenvalue weighted by Gasteiger charge is 2.10. The number of nitrogens with one attached hydrogen (secondary N) is 1. The molecule has 3 rings (SSSR count). The van der Waals surface area contributed by atoms with E-state index in [1.165, 1.54) is 42.6 Å². The van der Waals surface area contributed by atoms with Crippen molar-refractivity contribution in [2.45, 2.75) is 6.54 Å². The number of nitrogens with zero attached hydrogens (tertiary/aromatic N) is 2. The predicted molar refractivity (Wildman–Crippen MR) is 89.8 cm³/mol. The van der Waals surface area contributed by atoms with Gasteiger partial charge in [0.1, 0.15) is 11.6 Å². The molecule has 0 fully saturated rings. The second-order valence-electron chi connectivity index (χ2n) is 5.08. The van der Waals surface area contributed by atoms with Crippen molar-refractivity contribution in [1.29, 1.82) is 0 Å². The maximum atomic E-state index is 12.9. The molecular formula is C17H14FN3O3S. The fourth-order valence-corrected chi connectivity index (χ4v) is 2.85. The molecule has 0 bridgehead atoms. The Bertz CT molecular complexity index is 969. The molecule has 0 aliphatic heterocycles. The summed E-state index contributed by atoms with van der Waals surface area (Å²) in [4.78, 5) is 28.3. The van der Waals surface area contributed by atoms with Crippen LogP contribution in [0.3, 0.4) is 0 Å². The molecule has 128 valence electrons. The number of carbonyl (C=O) groups is 2. The van der Waals surface area contributed by atoms with Gasteiger partial charge in [-0.15, -0.1) is 11.3 Å². The maximum absolute atomic E-state index is 12.9. The van der Waals surface area contributed by atoms with Gasteiger partial charge in [0, 0.05) is 24.2 Å². The number of amides is 2. The monoisotopic (exact) mass is 359 g/mol. The zero-order valence-electron chi connectivity index (χ0n) is 13.2. The number of aromatic nitrogens is 1. The van der Waals surface area contributed by atoms with E-state index in [4.69, 9.17) is 4.42 Å². The zero-order valence-corrected chi connectivity index (χ0v) is 14.0. The van der Waals surface area contributed by atoms with Gasteiger partial charge in [0.05, 0.1) is 6.54 Å². The van der Waals surface area contributed by atoms with Gasteiger partial charge < -0.3 is 14.3 Å². The van der Waals surface area contributed by atoms with Crippen LogP contribution < -0.4 is 10.1 Å². The van der Waals surface area contributed by atoms with Gasteiger partial charge in [-0.2, -0.15) is 4.99 Å². The predicted octanol–water partition coefficient (Wildman–Crippen LogP) is 2.43. The SMILES string of the molecule is CNC(=O)c1ccc(Cn2ccsc2=NC(=O)c2ccc(F)cc2)o1. The largest absolute Gasteiger partial charge is 0.454 e. The number of halogens is 1. The Hall–Kier alpha value is -3.00. The molecule has 0 spiro atoms. The molecule has 0 saturated carbocycles. The molecule has 2 aromatic heterocycles. The highest BCUT2D eigenvalue weighted by Crippen LogP contribution is 2.10. The van der Waals surface area contributed by atoms with Crippen molar-refractivity contribution in [2.75, 3.05) is 7.05 Å². The average molecular weight is 359 g/mol. The molecule has 0 saturated heterocycles. The lowest BCUT2D eigenvalue weighted by Gasteiger charge is -2.00. The number of hydrogen-bond acceptors (Lipinski definition) is 4. The van der Waals surface area contributed by atoms with Gasteiger partial charge in [-0.1, -0.05) is 0 Å². The van der Waals surface area contributed by atoms with Crippen LogP contribution in [0, 0.1) is 5.82 Å². The Balaban J connectivity index is 1.82. The van der Waals surface area contributed by atoms with Crippen LogP contribution in [0.15, 0.2) is 57.4 Å². The van der Waals surface area contributed by atoms with Crippen LogP contribution in [0.5, 0.6) is 0 Å². The molecule has 0 atom stereocenters. The summed E-state index contributed by atoms with van der Waals surface area (Å²) in [5.41, 5.74) is 0.307. The second-order valence-corrected chi connectivity index (χ2v) is 5.96. The molecule has 2 amide bonds. The third kappa shape index (κ3) is 3.92. The van der Waals surface area contributed by atoms with E-state index in [1.54, 1.807) is 28.3 Å². The van der Waals surface area contributed by atoms with E-state index in [2.05, 4.69) is 10.3 Å². The van der Waals surface area contributed by atoms with Crippen LogP contribution in [0.2, 0.25) is 0 Å². The van der Waals surface area contributed by atoms with Crippen molar-refractivity contribution in [3.8, 4) is 0 Å².